The van der Waals surface area contributed by atoms with Crippen LogP contribution >= 0.6 is 11.8 Å². The molecular weight excluding hydrogens is 457 g/mol. The van der Waals surface area contributed by atoms with Crippen molar-refractivity contribution in [2.75, 3.05) is 5.32 Å². The third-order valence-electron chi connectivity index (χ3n) is 4.90. The van der Waals surface area contributed by atoms with Crippen molar-refractivity contribution in [3.63, 3.8) is 0 Å². The van der Waals surface area contributed by atoms with Gasteiger partial charge in [0, 0.05) is 17.2 Å². The first-order valence-electron chi connectivity index (χ1n) is 8.39. The zero-order chi connectivity index (χ0) is 23.4. The molecule has 2 amide bonds. The van der Waals surface area contributed by atoms with E-state index in [1.807, 2.05) is 6.07 Å². The molecule has 31 heavy (non-hydrogen) atoms. The van der Waals surface area contributed by atoms with Gasteiger partial charge in [-0.1, -0.05) is 11.8 Å². The summed E-state index contributed by atoms with van der Waals surface area (Å²) in [5.41, 5.74) is -2.48. The van der Waals surface area contributed by atoms with Gasteiger partial charge in [-0.25, -0.2) is 4.39 Å². The SMILES string of the molecule is C[C@]1(c2cc(NC(=O)C(F)(F)F)ccc2F)N=C(NC(=O)C(F)(F)F)S[C@@]2(C#N)C[C@H]21. The third kappa shape index (κ3) is 4.18. The molecule has 2 aliphatic rings. The number of nitrogens with one attached hydrogen (secondary N) is 2. The molecule has 1 saturated carbocycles. The Kier molecular flexibility index (Phi) is 5.24. The molecule has 1 heterocycles. The fourth-order valence-electron chi connectivity index (χ4n) is 3.30. The number of amidine groups is 1. The number of nitriles is 1. The summed E-state index contributed by atoms with van der Waals surface area (Å²) in [5, 5.41) is 12.0. The number of hydrogen-bond donors (Lipinski definition) is 2. The predicted octanol–water partition coefficient (Wildman–Crippen LogP) is 3.61. The number of rotatable bonds is 2. The minimum atomic E-state index is -5.24. The van der Waals surface area contributed by atoms with Gasteiger partial charge in [-0.3, -0.25) is 19.9 Å². The minimum Gasteiger partial charge on any atom is -0.318 e. The number of thioether (sulfide) groups is 1. The summed E-state index contributed by atoms with van der Waals surface area (Å²) in [4.78, 5) is 26.5. The Morgan fingerprint density at radius 2 is 1.74 bits per heavy atom. The number of benzene rings is 1. The van der Waals surface area contributed by atoms with Crippen molar-refractivity contribution >= 4 is 34.4 Å². The molecule has 0 aromatic heterocycles. The molecule has 0 bridgehead atoms. The minimum absolute atomic E-state index is 0.0815. The maximum atomic E-state index is 14.6. The molecule has 6 nitrogen and oxygen atoms in total. The fraction of sp³-hybridized carbons (Fsp3) is 0.412. The van der Waals surface area contributed by atoms with Crippen LogP contribution in [0.1, 0.15) is 18.9 Å². The van der Waals surface area contributed by atoms with Crippen molar-refractivity contribution in [1.29, 1.82) is 5.26 Å². The van der Waals surface area contributed by atoms with Crippen LogP contribution in [0.15, 0.2) is 23.2 Å². The van der Waals surface area contributed by atoms with E-state index in [1.165, 1.54) is 6.92 Å². The van der Waals surface area contributed by atoms with Crippen LogP contribution < -0.4 is 10.6 Å². The summed E-state index contributed by atoms with van der Waals surface area (Å²) in [7, 11) is 0. The molecule has 1 aromatic rings. The largest absolute Gasteiger partial charge is 0.471 e. The monoisotopic (exact) mass is 468 g/mol. The molecule has 166 valence electrons. The molecular formula is C17H11F7N4O2S. The first-order valence-corrected chi connectivity index (χ1v) is 9.20. The molecule has 1 fully saturated rings. The van der Waals surface area contributed by atoms with Crippen molar-refractivity contribution < 1.29 is 40.3 Å². The highest BCUT2D eigenvalue weighted by Crippen LogP contribution is 2.65. The van der Waals surface area contributed by atoms with Crippen molar-refractivity contribution in [3.8, 4) is 6.07 Å². The number of anilines is 1. The molecule has 0 saturated heterocycles. The average molecular weight is 468 g/mol. The summed E-state index contributed by atoms with van der Waals surface area (Å²) in [5.74, 6) is -6.33. The summed E-state index contributed by atoms with van der Waals surface area (Å²) in [6, 6.07) is 4.40. The highest BCUT2D eigenvalue weighted by Gasteiger charge is 2.68. The van der Waals surface area contributed by atoms with Crippen LogP contribution in [0.3, 0.4) is 0 Å². The summed E-state index contributed by atoms with van der Waals surface area (Å²) in [6.07, 6.45) is -10.4. The number of carbonyl (C=O) groups is 2. The van der Waals surface area contributed by atoms with Gasteiger partial charge in [0.15, 0.2) is 5.17 Å². The molecule has 3 atom stereocenters. The summed E-state index contributed by atoms with van der Waals surface area (Å²) >= 11 is 0.589. The first-order chi connectivity index (χ1) is 14.1. The molecule has 3 rings (SSSR count). The fourth-order valence-corrected chi connectivity index (χ4v) is 4.69. The van der Waals surface area contributed by atoms with Crippen LogP contribution in [0.2, 0.25) is 0 Å². The zero-order valence-corrected chi connectivity index (χ0v) is 16.1. The van der Waals surface area contributed by atoms with E-state index < -0.39 is 57.0 Å². The van der Waals surface area contributed by atoms with Crippen molar-refractivity contribution in [2.45, 2.75) is 36.0 Å². The number of nitrogens with zero attached hydrogens (tertiary/aromatic N) is 2. The lowest BCUT2D eigenvalue weighted by Crippen LogP contribution is -2.44. The van der Waals surface area contributed by atoms with E-state index in [1.54, 1.807) is 10.6 Å². The Hall–Kier alpha value is -2.82. The molecule has 1 aliphatic heterocycles. The quantitative estimate of drug-likeness (QED) is 0.649. The van der Waals surface area contributed by atoms with Gasteiger partial charge in [0.25, 0.3) is 0 Å². The lowest BCUT2D eigenvalue weighted by Gasteiger charge is -2.33. The second-order valence-corrected chi connectivity index (χ2v) is 8.34. The van der Waals surface area contributed by atoms with Crippen LogP contribution in [0.25, 0.3) is 0 Å². The Labute approximate surface area is 173 Å². The summed E-state index contributed by atoms with van der Waals surface area (Å²) in [6.45, 7) is 1.28. The van der Waals surface area contributed by atoms with Crippen LogP contribution in [-0.2, 0) is 15.1 Å². The smallest absolute Gasteiger partial charge is 0.318 e. The van der Waals surface area contributed by atoms with Gasteiger partial charge >= 0.3 is 24.2 Å². The predicted molar refractivity (Wildman–Crippen MR) is 94.1 cm³/mol. The topological polar surface area (TPSA) is 94.3 Å². The van der Waals surface area contributed by atoms with E-state index in [2.05, 4.69) is 4.99 Å². The Morgan fingerprint density at radius 1 is 1.16 bits per heavy atom. The lowest BCUT2D eigenvalue weighted by atomic mass is 9.85. The number of hydrogen-bond acceptors (Lipinski definition) is 5. The van der Waals surface area contributed by atoms with Gasteiger partial charge in [0.2, 0.25) is 0 Å². The highest BCUT2D eigenvalue weighted by molar-refractivity contribution is 8.15. The van der Waals surface area contributed by atoms with Gasteiger partial charge in [0.1, 0.15) is 10.6 Å². The van der Waals surface area contributed by atoms with Gasteiger partial charge in [-0.05, 0) is 31.5 Å². The van der Waals surface area contributed by atoms with Gasteiger partial charge < -0.3 is 5.32 Å². The number of amides is 2. The zero-order valence-electron chi connectivity index (χ0n) is 15.3. The first kappa shape index (κ1) is 22.9. The molecule has 1 aromatic carbocycles. The normalized spacial score (nSPS) is 27.5. The van der Waals surface area contributed by atoms with E-state index in [0.717, 1.165) is 18.2 Å². The van der Waals surface area contributed by atoms with Crippen LogP contribution in [0.4, 0.5) is 36.4 Å². The maximum absolute atomic E-state index is 14.6. The third-order valence-corrected chi connectivity index (χ3v) is 6.19. The number of alkyl halides is 6. The van der Waals surface area contributed by atoms with E-state index in [0.29, 0.717) is 11.8 Å². The van der Waals surface area contributed by atoms with E-state index in [4.69, 9.17) is 0 Å². The van der Waals surface area contributed by atoms with Crippen molar-refractivity contribution in [2.24, 2.45) is 10.9 Å². The van der Waals surface area contributed by atoms with Crippen molar-refractivity contribution in [3.05, 3.63) is 29.6 Å². The Balaban J connectivity index is 2.02. The molecule has 2 N–H and O–H groups in total. The lowest BCUT2D eigenvalue weighted by molar-refractivity contribution is -0.171. The van der Waals surface area contributed by atoms with Crippen LogP contribution in [0.5, 0.6) is 0 Å². The average Bonchev–Trinajstić information content (AvgIpc) is 3.38. The van der Waals surface area contributed by atoms with Gasteiger partial charge in [-0.15, -0.1) is 0 Å². The van der Waals surface area contributed by atoms with Gasteiger partial charge in [-0.2, -0.15) is 31.6 Å². The molecule has 14 heteroatoms. The molecule has 0 radical (unpaired) electrons. The van der Waals surface area contributed by atoms with E-state index in [9.17, 15) is 45.6 Å². The van der Waals surface area contributed by atoms with E-state index >= 15 is 0 Å². The number of fused-ring (bicyclic) bond motifs is 1. The molecule has 0 unspecified atom stereocenters. The molecule has 0 spiro atoms. The van der Waals surface area contributed by atoms with E-state index in [-0.39, 0.29) is 12.0 Å². The Morgan fingerprint density at radius 3 is 2.29 bits per heavy atom. The second-order valence-electron chi connectivity index (χ2n) is 7.02. The van der Waals surface area contributed by atoms with Crippen LogP contribution in [-0.4, -0.2) is 34.1 Å². The maximum Gasteiger partial charge on any atom is 0.471 e. The Bertz CT molecular complexity index is 1030. The number of carbonyl (C=O) groups excluding carboxylic acids is 2. The number of halogens is 7. The van der Waals surface area contributed by atoms with Crippen LogP contribution in [0, 0.1) is 23.1 Å². The summed E-state index contributed by atoms with van der Waals surface area (Å²) < 4.78 is 88.6. The van der Waals surface area contributed by atoms with Crippen molar-refractivity contribution in [1.82, 2.24) is 5.32 Å². The molecule has 1 aliphatic carbocycles. The number of aliphatic imine (C=N–C) groups is 1. The standard InChI is InChI=1S/C17H11F7N4O2S/c1-14(8-4-7(2-3-9(8)18)26-11(29)16(19,20)21)10-5-15(10,6-25)31-13(28-14)27-12(30)17(22,23)24/h2-4,10H,5H2,1H3,(H,26,29)(H,27,28,30)/t10-,14+,15+/m0/s1. The highest BCUT2D eigenvalue weighted by atomic mass is 32.2. The second kappa shape index (κ2) is 7.11. The van der Waals surface area contributed by atoms with Gasteiger partial charge in [0.05, 0.1) is 11.6 Å².